The summed E-state index contributed by atoms with van der Waals surface area (Å²) in [6.07, 6.45) is 3.52. The van der Waals surface area contributed by atoms with Gasteiger partial charge in [-0.15, -0.1) is 0 Å². The lowest BCUT2D eigenvalue weighted by Crippen LogP contribution is -2.52. The molecule has 15 heavy (non-hydrogen) atoms. The van der Waals surface area contributed by atoms with Gasteiger partial charge >= 0.3 is 0 Å². The molecule has 2 rings (SSSR count). The van der Waals surface area contributed by atoms with Crippen molar-refractivity contribution in [1.82, 2.24) is 10.3 Å². The Bertz CT molecular complexity index is 316. The SMILES string of the molecule is C[C@@H]1CNC[C@H](C)[C@@]1(O)c1cccnc1. The van der Waals surface area contributed by atoms with Gasteiger partial charge in [-0.05, 0) is 6.07 Å². The fraction of sp³-hybridized carbons (Fsp3) is 0.583. The van der Waals surface area contributed by atoms with Crippen molar-refractivity contribution in [2.24, 2.45) is 11.8 Å². The zero-order valence-electron chi connectivity index (χ0n) is 9.27. The molecule has 0 aliphatic carbocycles. The summed E-state index contributed by atoms with van der Waals surface area (Å²) in [6, 6.07) is 3.85. The zero-order valence-corrected chi connectivity index (χ0v) is 9.27. The molecule has 0 spiro atoms. The van der Waals surface area contributed by atoms with Crippen molar-refractivity contribution < 1.29 is 5.11 Å². The van der Waals surface area contributed by atoms with Crippen molar-refractivity contribution >= 4 is 0 Å². The Morgan fingerprint density at radius 3 is 2.60 bits per heavy atom. The molecule has 3 atom stereocenters. The number of aliphatic hydroxyl groups is 1. The van der Waals surface area contributed by atoms with Crippen LogP contribution >= 0.6 is 0 Å². The Hall–Kier alpha value is -0.930. The van der Waals surface area contributed by atoms with Crippen LogP contribution in [0.5, 0.6) is 0 Å². The second-order valence-electron chi connectivity index (χ2n) is 4.53. The lowest BCUT2D eigenvalue weighted by atomic mass is 9.72. The smallest absolute Gasteiger partial charge is 0.0986 e. The van der Waals surface area contributed by atoms with E-state index in [9.17, 15) is 5.11 Å². The maximum Gasteiger partial charge on any atom is 0.0986 e. The van der Waals surface area contributed by atoms with E-state index in [0.29, 0.717) is 0 Å². The molecule has 1 aromatic heterocycles. The number of hydrogen-bond acceptors (Lipinski definition) is 3. The summed E-state index contributed by atoms with van der Waals surface area (Å²) in [5.41, 5.74) is 0.200. The predicted octanol–water partition coefficient (Wildman–Crippen LogP) is 1.14. The standard InChI is InChI=1S/C12H18N2O/c1-9-6-14-7-10(2)12(9,15)11-4-3-5-13-8-11/h3-5,8-10,14-15H,6-7H2,1-2H3/t9-,10+,12-. The molecule has 1 fully saturated rings. The van der Waals surface area contributed by atoms with Gasteiger partial charge in [0.15, 0.2) is 0 Å². The molecule has 0 bridgehead atoms. The predicted molar refractivity (Wildman–Crippen MR) is 59.3 cm³/mol. The second kappa shape index (κ2) is 3.91. The molecule has 0 unspecified atom stereocenters. The molecule has 0 saturated carbocycles. The van der Waals surface area contributed by atoms with Gasteiger partial charge in [0.2, 0.25) is 0 Å². The number of rotatable bonds is 1. The van der Waals surface area contributed by atoms with Crippen LogP contribution in [0.25, 0.3) is 0 Å². The average Bonchev–Trinajstić information content (AvgIpc) is 2.27. The molecule has 1 aliphatic rings. The van der Waals surface area contributed by atoms with Crippen LogP contribution in [-0.4, -0.2) is 23.2 Å². The van der Waals surface area contributed by atoms with Gasteiger partial charge in [-0.1, -0.05) is 19.9 Å². The van der Waals surface area contributed by atoms with Crippen molar-refractivity contribution in [2.45, 2.75) is 19.4 Å². The molecule has 1 aliphatic heterocycles. The zero-order chi connectivity index (χ0) is 10.9. The third-order valence-corrected chi connectivity index (χ3v) is 3.53. The largest absolute Gasteiger partial charge is 0.384 e. The quantitative estimate of drug-likeness (QED) is 0.724. The fourth-order valence-electron chi connectivity index (χ4n) is 2.48. The average molecular weight is 206 g/mol. The first-order valence-corrected chi connectivity index (χ1v) is 5.49. The third-order valence-electron chi connectivity index (χ3n) is 3.53. The molecule has 2 N–H and O–H groups in total. The molecule has 82 valence electrons. The summed E-state index contributed by atoms with van der Waals surface area (Å²) < 4.78 is 0. The van der Waals surface area contributed by atoms with E-state index < -0.39 is 5.60 Å². The van der Waals surface area contributed by atoms with E-state index in [-0.39, 0.29) is 11.8 Å². The Morgan fingerprint density at radius 2 is 2.07 bits per heavy atom. The summed E-state index contributed by atoms with van der Waals surface area (Å²) in [5.74, 6) is 0.427. The second-order valence-corrected chi connectivity index (χ2v) is 4.53. The molecular formula is C12H18N2O. The van der Waals surface area contributed by atoms with Crippen molar-refractivity contribution in [3.63, 3.8) is 0 Å². The fourth-order valence-corrected chi connectivity index (χ4v) is 2.48. The van der Waals surface area contributed by atoms with Gasteiger partial charge in [0.05, 0.1) is 5.60 Å². The summed E-state index contributed by atoms with van der Waals surface area (Å²) in [5, 5.41) is 14.1. The van der Waals surface area contributed by atoms with Crippen molar-refractivity contribution in [2.75, 3.05) is 13.1 Å². The summed E-state index contributed by atoms with van der Waals surface area (Å²) in [7, 11) is 0. The van der Waals surface area contributed by atoms with Crippen LogP contribution in [0.2, 0.25) is 0 Å². The number of aromatic nitrogens is 1. The Labute approximate surface area is 90.5 Å². The molecule has 2 heterocycles. The van der Waals surface area contributed by atoms with Gasteiger partial charge in [0.1, 0.15) is 0 Å². The number of nitrogens with zero attached hydrogens (tertiary/aromatic N) is 1. The first kappa shape index (κ1) is 10.6. The van der Waals surface area contributed by atoms with E-state index in [0.717, 1.165) is 18.7 Å². The number of nitrogens with one attached hydrogen (secondary N) is 1. The van der Waals surface area contributed by atoms with Gasteiger partial charge in [-0.3, -0.25) is 4.98 Å². The van der Waals surface area contributed by atoms with Crippen LogP contribution in [0.1, 0.15) is 19.4 Å². The number of pyridine rings is 1. The molecular weight excluding hydrogens is 188 g/mol. The van der Waals surface area contributed by atoms with Crippen LogP contribution < -0.4 is 5.32 Å². The van der Waals surface area contributed by atoms with Crippen LogP contribution in [0.15, 0.2) is 24.5 Å². The van der Waals surface area contributed by atoms with Gasteiger partial charge in [-0.2, -0.15) is 0 Å². The van der Waals surface area contributed by atoms with E-state index in [1.807, 2.05) is 12.1 Å². The first-order valence-electron chi connectivity index (χ1n) is 5.49. The minimum atomic E-state index is -0.737. The number of hydrogen-bond donors (Lipinski definition) is 2. The van der Waals surface area contributed by atoms with E-state index in [1.165, 1.54) is 0 Å². The number of piperidine rings is 1. The lowest BCUT2D eigenvalue weighted by Gasteiger charge is -2.43. The molecule has 3 heteroatoms. The molecule has 1 aromatic rings. The van der Waals surface area contributed by atoms with Gasteiger partial charge in [-0.25, -0.2) is 0 Å². The van der Waals surface area contributed by atoms with Crippen molar-refractivity contribution in [3.05, 3.63) is 30.1 Å². The Morgan fingerprint density at radius 1 is 1.40 bits per heavy atom. The highest BCUT2D eigenvalue weighted by atomic mass is 16.3. The molecule has 1 saturated heterocycles. The molecule has 0 aromatic carbocycles. The maximum absolute atomic E-state index is 10.8. The Kier molecular flexibility index (Phi) is 2.76. The minimum absolute atomic E-state index is 0.213. The Balaban J connectivity index is 2.38. The van der Waals surface area contributed by atoms with Gasteiger partial charge < -0.3 is 10.4 Å². The van der Waals surface area contributed by atoms with Crippen LogP contribution in [-0.2, 0) is 5.60 Å². The van der Waals surface area contributed by atoms with Crippen molar-refractivity contribution in [1.29, 1.82) is 0 Å². The summed E-state index contributed by atoms with van der Waals surface area (Å²) in [6.45, 7) is 5.87. The monoisotopic (exact) mass is 206 g/mol. The molecule has 3 nitrogen and oxygen atoms in total. The van der Waals surface area contributed by atoms with Gasteiger partial charge in [0.25, 0.3) is 0 Å². The minimum Gasteiger partial charge on any atom is -0.384 e. The van der Waals surface area contributed by atoms with Gasteiger partial charge in [0, 0.05) is 42.9 Å². The topological polar surface area (TPSA) is 45.1 Å². The normalized spacial score (nSPS) is 36.5. The highest BCUT2D eigenvalue weighted by Crippen LogP contribution is 2.38. The molecule has 0 radical (unpaired) electrons. The highest BCUT2D eigenvalue weighted by Gasteiger charge is 2.43. The maximum atomic E-state index is 10.8. The first-order chi connectivity index (χ1) is 7.15. The lowest BCUT2D eigenvalue weighted by molar-refractivity contribution is -0.0809. The highest BCUT2D eigenvalue weighted by molar-refractivity contribution is 5.21. The van der Waals surface area contributed by atoms with E-state index in [2.05, 4.69) is 24.1 Å². The third kappa shape index (κ3) is 1.66. The molecule has 0 amide bonds. The van der Waals surface area contributed by atoms with E-state index >= 15 is 0 Å². The van der Waals surface area contributed by atoms with E-state index in [4.69, 9.17) is 0 Å². The van der Waals surface area contributed by atoms with E-state index in [1.54, 1.807) is 12.4 Å². The van der Waals surface area contributed by atoms with Crippen LogP contribution in [0, 0.1) is 11.8 Å². The van der Waals surface area contributed by atoms with Crippen LogP contribution in [0.3, 0.4) is 0 Å². The summed E-state index contributed by atoms with van der Waals surface area (Å²) in [4.78, 5) is 4.09. The van der Waals surface area contributed by atoms with Crippen molar-refractivity contribution in [3.8, 4) is 0 Å². The van der Waals surface area contributed by atoms with Crippen LogP contribution in [0.4, 0.5) is 0 Å². The summed E-state index contributed by atoms with van der Waals surface area (Å²) >= 11 is 0.